The minimum Gasteiger partial charge on any atom is -0.293 e. The van der Waals surface area contributed by atoms with Gasteiger partial charge in [-0.05, 0) is 18.2 Å². The van der Waals surface area contributed by atoms with Gasteiger partial charge in [-0.15, -0.1) is 11.8 Å². The normalized spacial score (nSPS) is 11.6. The molecule has 0 aliphatic heterocycles. The van der Waals surface area contributed by atoms with Gasteiger partial charge in [0.15, 0.2) is 5.78 Å². The Bertz CT molecular complexity index is 396. The number of halogens is 2. The average molecular weight is 277 g/mol. The van der Waals surface area contributed by atoms with Crippen molar-refractivity contribution in [3.8, 4) is 0 Å². The zero-order valence-corrected chi connectivity index (χ0v) is 11.8. The summed E-state index contributed by atoms with van der Waals surface area (Å²) in [6.07, 6.45) is 0. The number of hydrogen-bond donors (Lipinski definition) is 0. The summed E-state index contributed by atoms with van der Waals surface area (Å²) in [6.45, 7) is 6.25. The van der Waals surface area contributed by atoms with Crippen LogP contribution in [-0.4, -0.2) is 16.3 Å². The Balaban J connectivity index is 2.70. The lowest BCUT2D eigenvalue weighted by Gasteiger charge is -2.16. The summed E-state index contributed by atoms with van der Waals surface area (Å²) in [5.74, 6) is 0.542. The van der Waals surface area contributed by atoms with Gasteiger partial charge in [0.25, 0.3) is 0 Å². The molecule has 1 nitrogen and oxygen atoms in total. The maximum absolute atomic E-state index is 11.8. The van der Waals surface area contributed by atoms with E-state index in [0.29, 0.717) is 21.4 Å². The van der Waals surface area contributed by atoms with Crippen molar-refractivity contribution in [1.82, 2.24) is 0 Å². The second-order valence-corrected chi connectivity index (χ2v) is 7.07. The molecule has 1 rings (SSSR count). The second-order valence-electron chi connectivity index (χ2n) is 4.45. The molecule has 0 saturated carbocycles. The van der Waals surface area contributed by atoms with Gasteiger partial charge in [0.05, 0.1) is 15.8 Å². The Morgan fingerprint density at radius 1 is 1.25 bits per heavy atom. The lowest BCUT2D eigenvalue weighted by atomic mass is 10.1. The molecule has 0 spiro atoms. The van der Waals surface area contributed by atoms with E-state index in [1.54, 1.807) is 30.0 Å². The molecular weight excluding hydrogens is 263 g/mol. The number of carbonyl (C=O) groups excluding carboxylic acids is 1. The molecule has 0 heterocycles. The summed E-state index contributed by atoms with van der Waals surface area (Å²) in [4.78, 5) is 11.8. The Morgan fingerprint density at radius 3 is 2.38 bits per heavy atom. The van der Waals surface area contributed by atoms with E-state index in [2.05, 4.69) is 20.8 Å². The predicted molar refractivity (Wildman–Crippen MR) is 73.0 cm³/mol. The van der Waals surface area contributed by atoms with Gasteiger partial charge >= 0.3 is 0 Å². The van der Waals surface area contributed by atoms with Gasteiger partial charge in [0.1, 0.15) is 0 Å². The average Bonchev–Trinajstić information content (AvgIpc) is 2.17. The van der Waals surface area contributed by atoms with E-state index >= 15 is 0 Å². The van der Waals surface area contributed by atoms with E-state index in [1.165, 1.54) is 0 Å². The van der Waals surface area contributed by atoms with Crippen molar-refractivity contribution in [2.45, 2.75) is 25.5 Å². The van der Waals surface area contributed by atoms with Crippen LogP contribution in [0.25, 0.3) is 0 Å². The molecule has 16 heavy (non-hydrogen) atoms. The van der Waals surface area contributed by atoms with Gasteiger partial charge < -0.3 is 0 Å². The van der Waals surface area contributed by atoms with Crippen molar-refractivity contribution < 1.29 is 4.79 Å². The molecular formula is C12H14Cl2OS. The van der Waals surface area contributed by atoms with Crippen LogP contribution >= 0.6 is 35.0 Å². The molecule has 0 amide bonds. The lowest BCUT2D eigenvalue weighted by Crippen LogP contribution is -2.13. The van der Waals surface area contributed by atoms with Gasteiger partial charge in [-0.3, -0.25) is 4.79 Å². The molecule has 88 valence electrons. The van der Waals surface area contributed by atoms with E-state index in [9.17, 15) is 4.79 Å². The van der Waals surface area contributed by atoms with Crippen LogP contribution in [-0.2, 0) is 0 Å². The summed E-state index contributed by atoms with van der Waals surface area (Å²) in [7, 11) is 0. The minimum atomic E-state index is 0.0819. The topological polar surface area (TPSA) is 17.1 Å². The zero-order valence-electron chi connectivity index (χ0n) is 9.51. The lowest BCUT2D eigenvalue weighted by molar-refractivity contribution is 0.102. The SMILES string of the molecule is CC(C)(C)SCC(=O)c1ccc(Cl)c(Cl)c1. The zero-order chi connectivity index (χ0) is 12.3. The Hall–Kier alpha value is -0.180. The summed E-state index contributed by atoms with van der Waals surface area (Å²) in [5, 5.41) is 0.898. The summed E-state index contributed by atoms with van der Waals surface area (Å²) >= 11 is 13.3. The molecule has 0 atom stereocenters. The van der Waals surface area contributed by atoms with Gasteiger partial charge in [-0.25, -0.2) is 0 Å². The molecule has 0 aliphatic rings. The number of thioether (sulfide) groups is 1. The minimum absolute atomic E-state index is 0.0819. The summed E-state index contributed by atoms with van der Waals surface area (Å²) in [6, 6.07) is 4.98. The van der Waals surface area contributed by atoms with E-state index in [4.69, 9.17) is 23.2 Å². The van der Waals surface area contributed by atoms with Crippen LogP contribution in [0.2, 0.25) is 10.0 Å². The van der Waals surface area contributed by atoms with Crippen LogP contribution in [0.5, 0.6) is 0 Å². The highest BCUT2D eigenvalue weighted by molar-refractivity contribution is 8.01. The van der Waals surface area contributed by atoms with E-state index in [-0.39, 0.29) is 10.5 Å². The first-order valence-corrected chi connectivity index (χ1v) is 6.66. The molecule has 0 N–H and O–H groups in total. The number of rotatable bonds is 3. The second kappa shape index (κ2) is 5.44. The standard InChI is InChI=1S/C12H14Cl2OS/c1-12(2,3)16-7-11(15)8-4-5-9(13)10(14)6-8/h4-6H,7H2,1-3H3. The van der Waals surface area contributed by atoms with E-state index in [1.807, 2.05) is 0 Å². The molecule has 4 heteroatoms. The predicted octanol–water partition coefficient (Wildman–Crippen LogP) is 4.71. The van der Waals surface area contributed by atoms with Crippen molar-refractivity contribution in [3.63, 3.8) is 0 Å². The molecule has 0 aliphatic carbocycles. The number of benzene rings is 1. The molecule has 0 fully saturated rings. The maximum Gasteiger partial charge on any atom is 0.172 e. The number of ketones is 1. The highest BCUT2D eigenvalue weighted by Gasteiger charge is 2.15. The Kier molecular flexibility index (Phi) is 4.72. The molecule has 1 aromatic carbocycles. The van der Waals surface area contributed by atoms with Crippen molar-refractivity contribution in [2.24, 2.45) is 0 Å². The molecule has 0 unspecified atom stereocenters. The van der Waals surface area contributed by atoms with Crippen LogP contribution in [0.4, 0.5) is 0 Å². The fourth-order valence-electron chi connectivity index (χ4n) is 1.03. The van der Waals surface area contributed by atoms with Gasteiger partial charge in [0, 0.05) is 10.3 Å². The van der Waals surface area contributed by atoms with Crippen LogP contribution in [0.15, 0.2) is 18.2 Å². The third-order valence-corrected chi connectivity index (χ3v) is 3.89. The van der Waals surface area contributed by atoms with Crippen molar-refractivity contribution in [1.29, 1.82) is 0 Å². The largest absolute Gasteiger partial charge is 0.293 e. The summed E-state index contributed by atoms with van der Waals surface area (Å²) in [5.41, 5.74) is 0.617. The first kappa shape index (κ1) is 13.9. The van der Waals surface area contributed by atoms with E-state index < -0.39 is 0 Å². The van der Waals surface area contributed by atoms with Crippen LogP contribution in [0, 0.1) is 0 Å². The number of carbonyl (C=O) groups is 1. The summed E-state index contributed by atoms with van der Waals surface area (Å²) < 4.78 is 0.0892. The van der Waals surface area contributed by atoms with Crippen LogP contribution in [0.1, 0.15) is 31.1 Å². The van der Waals surface area contributed by atoms with Gasteiger partial charge in [-0.2, -0.15) is 0 Å². The maximum atomic E-state index is 11.8. The molecule has 0 aromatic heterocycles. The van der Waals surface area contributed by atoms with Crippen molar-refractivity contribution >= 4 is 40.7 Å². The monoisotopic (exact) mass is 276 g/mol. The van der Waals surface area contributed by atoms with Crippen LogP contribution in [0.3, 0.4) is 0 Å². The molecule has 0 radical (unpaired) electrons. The highest BCUT2D eigenvalue weighted by atomic mass is 35.5. The van der Waals surface area contributed by atoms with Crippen LogP contribution < -0.4 is 0 Å². The van der Waals surface area contributed by atoms with Crippen molar-refractivity contribution in [3.05, 3.63) is 33.8 Å². The molecule has 0 saturated heterocycles. The van der Waals surface area contributed by atoms with E-state index in [0.717, 1.165) is 0 Å². The number of hydrogen-bond acceptors (Lipinski definition) is 2. The molecule has 1 aromatic rings. The van der Waals surface area contributed by atoms with Gasteiger partial charge in [-0.1, -0.05) is 44.0 Å². The third kappa shape index (κ3) is 4.36. The quantitative estimate of drug-likeness (QED) is 0.744. The Morgan fingerprint density at radius 2 is 1.88 bits per heavy atom. The van der Waals surface area contributed by atoms with Gasteiger partial charge in [0.2, 0.25) is 0 Å². The highest BCUT2D eigenvalue weighted by Crippen LogP contribution is 2.26. The third-order valence-electron chi connectivity index (χ3n) is 1.88. The van der Waals surface area contributed by atoms with Crippen molar-refractivity contribution in [2.75, 3.05) is 5.75 Å². The molecule has 0 bridgehead atoms. The fourth-order valence-corrected chi connectivity index (χ4v) is 2.06. The Labute approximate surface area is 111 Å². The first-order chi connectivity index (χ1) is 7.29. The first-order valence-electron chi connectivity index (χ1n) is 4.92. The smallest absolute Gasteiger partial charge is 0.172 e. The fraction of sp³-hybridized carbons (Fsp3) is 0.417. The number of Topliss-reactive ketones (excluding diaryl/α,β-unsaturated/α-hetero) is 1.